The fraction of sp³-hybridized carbons (Fsp3) is 0.143. The standard InChI is InChI=1S/C21H15N3O6/c25-18(7-8-19(26)27)24-21(13-3-1-2-4-14(13)22-20(21)28)10-15(23-24)12-5-6-16-17(9-12)30-11-29-16/h1-9H,10-11H2,(H,22,28)(H,26,27)/b8-7+. The van der Waals surface area contributed by atoms with Gasteiger partial charge < -0.3 is 19.9 Å². The van der Waals surface area contributed by atoms with Crippen molar-refractivity contribution in [2.75, 3.05) is 12.1 Å². The van der Waals surface area contributed by atoms with Crippen molar-refractivity contribution in [2.45, 2.75) is 12.0 Å². The van der Waals surface area contributed by atoms with Crippen molar-refractivity contribution in [1.29, 1.82) is 0 Å². The van der Waals surface area contributed by atoms with Crippen LogP contribution < -0.4 is 14.8 Å². The highest BCUT2D eigenvalue weighted by Gasteiger charge is 2.57. The first kappa shape index (κ1) is 17.9. The van der Waals surface area contributed by atoms with Gasteiger partial charge in [-0.2, -0.15) is 5.10 Å². The minimum absolute atomic E-state index is 0.121. The normalized spacial score (nSPS) is 21.1. The Labute approximate surface area is 170 Å². The van der Waals surface area contributed by atoms with Crippen molar-refractivity contribution in [3.8, 4) is 11.5 Å². The van der Waals surface area contributed by atoms with Crippen molar-refractivity contribution < 1.29 is 29.0 Å². The number of nitrogens with zero attached hydrogens (tertiary/aromatic N) is 2. The molecule has 2 aromatic carbocycles. The van der Waals surface area contributed by atoms with E-state index in [0.717, 1.165) is 17.2 Å². The maximum atomic E-state index is 13.1. The molecular weight excluding hydrogens is 390 g/mol. The average molecular weight is 405 g/mol. The van der Waals surface area contributed by atoms with Gasteiger partial charge in [0.25, 0.3) is 11.8 Å². The number of carboxylic acids is 1. The zero-order valence-corrected chi connectivity index (χ0v) is 15.5. The first-order valence-electron chi connectivity index (χ1n) is 9.13. The van der Waals surface area contributed by atoms with Gasteiger partial charge in [0.2, 0.25) is 6.79 Å². The van der Waals surface area contributed by atoms with Crippen LogP contribution in [0.25, 0.3) is 0 Å². The minimum Gasteiger partial charge on any atom is -0.478 e. The Balaban J connectivity index is 1.62. The molecule has 2 N–H and O–H groups in total. The summed E-state index contributed by atoms with van der Waals surface area (Å²) < 4.78 is 10.7. The Morgan fingerprint density at radius 1 is 1.13 bits per heavy atom. The number of carbonyl (C=O) groups excluding carboxylic acids is 2. The molecule has 3 heterocycles. The van der Waals surface area contributed by atoms with Crippen LogP contribution in [0.15, 0.2) is 59.7 Å². The summed E-state index contributed by atoms with van der Waals surface area (Å²) in [6.45, 7) is 0.121. The molecule has 9 nitrogen and oxygen atoms in total. The number of hydrogen-bond donors (Lipinski definition) is 2. The minimum atomic E-state index is -1.40. The summed E-state index contributed by atoms with van der Waals surface area (Å²) in [5.74, 6) is -1.22. The van der Waals surface area contributed by atoms with Gasteiger partial charge in [0.05, 0.1) is 5.71 Å². The Kier molecular flexibility index (Phi) is 3.85. The molecule has 0 saturated heterocycles. The van der Waals surface area contributed by atoms with Crippen LogP contribution >= 0.6 is 0 Å². The van der Waals surface area contributed by atoms with E-state index in [4.69, 9.17) is 14.6 Å². The lowest BCUT2D eigenvalue weighted by Crippen LogP contribution is -2.48. The molecule has 9 heteroatoms. The van der Waals surface area contributed by atoms with E-state index in [9.17, 15) is 14.4 Å². The quantitative estimate of drug-likeness (QED) is 0.753. The molecule has 1 unspecified atom stereocenters. The highest BCUT2D eigenvalue weighted by molar-refractivity contribution is 6.16. The van der Waals surface area contributed by atoms with E-state index in [2.05, 4.69) is 10.4 Å². The van der Waals surface area contributed by atoms with Crippen LogP contribution in [0.3, 0.4) is 0 Å². The topological polar surface area (TPSA) is 118 Å². The molecule has 2 aromatic rings. The predicted molar refractivity (Wildman–Crippen MR) is 104 cm³/mol. The Morgan fingerprint density at radius 3 is 2.77 bits per heavy atom. The molecule has 0 bridgehead atoms. The summed E-state index contributed by atoms with van der Waals surface area (Å²) in [5.41, 5.74) is 0.962. The fourth-order valence-electron chi connectivity index (χ4n) is 3.93. The number of anilines is 1. The number of benzene rings is 2. The number of nitrogens with one attached hydrogen (secondary N) is 1. The Morgan fingerprint density at radius 2 is 1.93 bits per heavy atom. The van der Waals surface area contributed by atoms with Crippen LogP contribution in [0.4, 0.5) is 5.69 Å². The summed E-state index contributed by atoms with van der Waals surface area (Å²) in [6.07, 6.45) is 1.75. The molecule has 3 aliphatic rings. The van der Waals surface area contributed by atoms with Gasteiger partial charge in [0.15, 0.2) is 17.0 Å². The zero-order valence-electron chi connectivity index (χ0n) is 15.5. The van der Waals surface area contributed by atoms with Gasteiger partial charge in [-0.3, -0.25) is 9.59 Å². The number of amides is 2. The van der Waals surface area contributed by atoms with Gasteiger partial charge in [-0.05, 0) is 24.3 Å². The lowest BCUT2D eigenvalue weighted by Gasteiger charge is -2.29. The molecule has 150 valence electrons. The number of aliphatic carboxylic acids is 1. The van der Waals surface area contributed by atoms with Gasteiger partial charge in [-0.1, -0.05) is 18.2 Å². The number of para-hydroxylation sites is 1. The first-order chi connectivity index (χ1) is 14.5. The van der Waals surface area contributed by atoms with Crippen LogP contribution in [-0.2, 0) is 19.9 Å². The molecule has 0 radical (unpaired) electrons. The van der Waals surface area contributed by atoms with Crippen LogP contribution in [0.1, 0.15) is 17.5 Å². The smallest absolute Gasteiger partial charge is 0.328 e. The van der Waals surface area contributed by atoms with Gasteiger partial charge in [-0.15, -0.1) is 0 Å². The summed E-state index contributed by atoms with van der Waals surface area (Å²) in [4.78, 5) is 36.9. The molecule has 1 spiro atoms. The summed E-state index contributed by atoms with van der Waals surface area (Å²) in [6, 6.07) is 12.3. The van der Waals surface area contributed by atoms with Crippen molar-refractivity contribution in [3.05, 3.63) is 65.7 Å². The molecule has 2 amide bonds. The molecule has 30 heavy (non-hydrogen) atoms. The Bertz CT molecular complexity index is 1170. The average Bonchev–Trinajstić information content (AvgIpc) is 3.43. The van der Waals surface area contributed by atoms with E-state index in [1.54, 1.807) is 42.5 Å². The van der Waals surface area contributed by atoms with E-state index in [1.165, 1.54) is 0 Å². The number of hydrogen-bond acceptors (Lipinski definition) is 6. The maximum absolute atomic E-state index is 13.1. The maximum Gasteiger partial charge on any atom is 0.328 e. The van der Waals surface area contributed by atoms with Gasteiger partial charge in [0.1, 0.15) is 0 Å². The number of rotatable bonds is 3. The van der Waals surface area contributed by atoms with Crippen molar-refractivity contribution in [3.63, 3.8) is 0 Å². The van der Waals surface area contributed by atoms with Crippen molar-refractivity contribution >= 4 is 29.2 Å². The molecule has 1 atom stereocenters. The van der Waals surface area contributed by atoms with Crippen LogP contribution in [0.2, 0.25) is 0 Å². The SMILES string of the molecule is O=C(O)/C=C/C(=O)N1N=C(c2ccc3c(c2)OCO3)CC12C(=O)Nc1ccccc12. The summed E-state index contributed by atoms with van der Waals surface area (Å²) in [7, 11) is 0. The van der Waals surface area contributed by atoms with Crippen molar-refractivity contribution in [1.82, 2.24) is 5.01 Å². The highest BCUT2D eigenvalue weighted by atomic mass is 16.7. The largest absolute Gasteiger partial charge is 0.478 e. The van der Waals surface area contributed by atoms with E-state index in [-0.39, 0.29) is 13.2 Å². The number of hydrazone groups is 1. The highest BCUT2D eigenvalue weighted by Crippen LogP contribution is 2.47. The third kappa shape index (κ3) is 2.55. The van der Waals surface area contributed by atoms with E-state index in [1.807, 2.05) is 0 Å². The summed E-state index contributed by atoms with van der Waals surface area (Å²) in [5, 5.41) is 17.2. The Hall–Kier alpha value is -4.14. The van der Waals surface area contributed by atoms with E-state index < -0.39 is 23.3 Å². The van der Waals surface area contributed by atoms with Gasteiger partial charge in [0, 0.05) is 35.4 Å². The molecular formula is C21H15N3O6. The molecule has 3 aliphatic heterocycles. The predicted octanol–water partition coefficient (Wildman–Crippen LogP) is 1.84. The van der Waals surface area contributed by atoms with Crippen LogP contribution in [0, 0.1) is 0 Å². The number of carboxylic acid groups (broad SMARTS) is 1. The molecule has 0 fully saturated rings. The van der Waals surface area contributed by atoms with Crippen LogP contribution in [0.5, 0.6) is 11.5 Å². The van der Waals surface area contributed by atoms with Crippen molar-refractivity contribution in [2.24, 2.45) is 5.10 Å². The lowest BCUT2D eigenvalue weighted by molar-refractivity contribution is -0.140. The second-order valence-electron chi connectivity index (χ2n) is 6.97. The first-order valence-corrected chi connectivity index (χ1v) is 9.13. The monoisotopic (exact) mass is 405 g/mol. The van der Waals surface area contributed by atoms with Crippen LogP contribution in [-0.4, -0.2) is 40.4 Å². The van der Waals surface area contributed by atoms with E-state index >= 15 is 0 Å². The number of carbonyl (C=O) groups is 3. The van der Waals surface area contributed by atoms with E-state index in [0.29, 0.717) is 34.0 Å². The third-order valence-corrected chi connectivity index (χ3v) is 5.29. The zero-order chi connectivity index (χ0) is 20.9. The van der Waals surface area contributed by atoms with Gasteiger partial charge in [-0.25, -0.2) is 9.80 Å². The lowest BCUT2D eigenvalue weighted by atomic mass is 9.85. The molecule has 0 saturated carbocycles. The third-order valence-electron chi connectivity index (χ3n) is 5.29. The second kappa shape index (κ2) is 6.45. The number of fused-ring (bicyclic) bond motifs is 3. The molecule has 0 aliphatic carbocycles. The molecule has 0 aromatic heterocycles. The summed E-state index contributed by atoms with van der Waals surface area (Å²) >= 11 is 0. The fourth-order valence-corrected chi connectivity index (χ4v) is 3.93. The van der Waals surface area contributed by atoms with Gasteiger partial charge >= 0.3 is 5.97 Å². The molecule has 5 rings (SSSR count). The number of ether oxygens (including phenoxy) is 2. The second-order valence-corrected chi connectivity index (χ2v) is 6.97.